The van der Waals surface area contributed by atoms with Crippen molar-refractivity contribution in [3.8, 4) is 0 Å². The van der Waals surface area contributed by atoms with Crippen molar-refractivity contribution in [3.05, 3.63) is 65.7 Å². The lowest BCUT2D eigenvalue weighted by atomic mass is 10.00. The van der Waals surface area contributed by atoms with E-state index in [9.17, 15) is 4.79 Å². The largest absolute Gasteiger partial charge is 0.324 e. The first-order valence-electron chi connectivity index (χ1n) is 7.49. The number of nitrogens with one attached hydrogen (secondary N) is 4. The topological polar surface area (TPSA) is 65.2 Å². The summed E-state index contributed by atoms with van der Waals surface area (Å²) in [5.41, 5.74) is 12.0. The summed E-state index contributed by atoms with van der Waals surface area (Å²) in [6, 6.07) is 17.3. The molecule has 114 valence electrons. The second-order valence-electron chi connectivity index (χ2n) is 5.28. The van der Waals surface area contributed by atoms with E-state index in [1.807, 2.05) is 54.6 Å². The highest BCUT2D eigenvalue weighted by atomic mass is 16.2. The highest BCUT2D eigenvalue weighted by Gasteiger charge is 2.33. The summed E-state index contributed by atoms with van der Waals surface area (Å²) in [6.07, 6.45) is 0.882. The monoisotopic (exact) mass is 296 g/mol. The first-order valence-corrected chi connectivity index (χ1v) is 7.49. The molecule has 0 bridgehead atoms. The molecule has 4 N–H and O–H groups in total. The van der Waals surface area contributed by atoms with Gasteiger partial charge in [-0.2, -0.15) is 5.53 Å². The summed E-state index contributed by atoms with van der Waals surface area (Å²) in [4.78, 5) is 12.6. The predicted molar refractivity (Wildman–Crippen MR) is 86.8 cm³/mol. The van der Waals surface area contributed by atoms with Gasteiger partial charge in [-0.1, -0.05) is 55.5 Å². The molecule has 1 amide bonds. The number of amides is 1. The fourth-order valence-electron chi connectivity index (χ4n) is 2.68. The van der Waals surface area contributed by atoms with Crippen molar-refractivity contribution in [2.45, 2.75) is 25.4 Å². The van der Waals surface area contributed by atoms with Gasteiger partial charge in [0.1, 0.15) is 6.04 Å². The van der Waals surface area contributed by atoms with Gasteiger partial charge in [0.25, 0.3) is 0 Å². The fraction of sp³-hybridized carbons (Fsp3) is 0.235. The number of rotatable bonds is 4. The molecule has 2 aromatic carbocycles. The van der Waals surface area contributed by atoms with Crippen LogP contribution in [0.25, 0.3) is 0 Å². The Morgan fingerprint density at radius 2 is 1.77 bits per heavy atom. The van der Waals surface area contributed by atoms with Gasteiger partial charge in [-0.15, -0.1) is 0 Å². The standard InChI is InChI=1S/C17H20N4O/c1-2-12-8-6-7-11-14(12)18-17(22)16-15(19-21-20-16)13-9-4-3-5-10-13/h3-11,15-16,19-21H,2H2,1H3,(H,18,22). The highest BCUT2D eigenvalue weighted by molar-refractivity contribution is 5.96. The summed E-state index contributed by atoms with van der Waals surface area (Å²) < 4.78 is 0. The molecule has 3 rings (SSSR count). The molecule has 2 aromatic rings. The van der Waals surface area contributed by atoms with E-state index in [2.05, 4.69) is 28.6 Å². The molecule has 2 atom stereocenters. The Bertz CT molecular complexity index is 644. The van der Waals surface area contributed by atoms with Crippen molar-refractivity contribution >= 4 is 11.6 Å². The Morgan fingerprint density at radius 1 is 1.05 bits per heavy atom. The number of hydrogen-bond donors (Lipinski definition) is 4. The van der Waals surface area contributed by atoms with Crippen molar-refractivity contribution in [2.24, 2.45) is 0 Å². The Balaban J connectivity index is 1.77. The van der Waals surface area contributed by atoms with Crippen LogP contribution in [-0.2, 0) is 11.2 Å². The fourth-order valence-corrected chi connectivity index (χ4v) is 2.68. The van der Waals surface area contributed by atoms with Gasteiger partial charge >= 0.3 is 0 Å². The molecule has 1 saturated heterocycles. The van der Waals surface area contributed by atoms with Crippen molar-refractivity contribution in [1.82, 2.24) is 16.4 Å². The maximum Gasteiger partial charge on any atom is 0.244 e. The van der Waals surface area contributed by atoms with Crippen LogP contribution < -0.4 is 21.7 Å². The van der Waals surface area contributed by atoms with E-state index in [0.717, 1.165) is 23.2 Å². The highest BCUT2D eigenvalue weighted by Crippen LogP contribution is 2.21. The van der Waals surface area contributed by atoms with Crippen LogP contribution in [0.2, 0.25) is 0 Å². The summed E-state index contributed by atoms with van der Waals surface area (Å²) in [5, 5.41) is 3.02. The van der Waals surface area contributed by atoms with Gasteiger partial charge in [0.15, 0.2) is 0 Å². The molecule has 1 aliphatic rings. The van der Waals surface area contributed by atoms with Gasteiger partial charge in [-0.3, -0.25) is 4.79 Å². The van der Waals surface area contributed by atoms with Crippen LogP contribution in [0.15, 0.2) is 54.6 Å². The molecule has 0 aromatic heterocycles. The number of carbonyl (C=O) groups excluding carboxylic acids is 1. The Kier molecular flexibility index (Phi) is 4.48. The zero-order valence-electron chi connectivity index (χ0n) is 12.5. The van der Waals surface area contributed by atoms with Crippen LogP contribution in [0.5, 0.6) is 0 Å². The van der Waals surface area contributed by atoms with Crippen LogP contribution in [-0.4, -0.2) is 11.9 Å². The summed E-state index contributed by atoms with van der Waals surface area (Å²) in [6.45, 7) is 2.08. The van der Waals surface area contributed by atoms with E-state index in [0.29, 0.717) is 0 Å². The van der Waals surface area contributed by atoms with Crippen molar-refractivity contribution in [2.75, 3.05) is 5.32 Å². The number of benzene rings is 2. The second kappa shape index (κ2) is 6.70. The maximum atomic E-state index is 12.6. The van der Waals surface area contributed by atoms with Gasteiger partial charge < -0.3 is 5.32 Å². The van der Waals surface area contributed by atoms with E-state index in [-0.39, 0.29) is 18.0 Å². The van der Waals surface area contributed by atoms with Crippen molar-refractivity contribution in [3.63, 3.8) is 0 Å². The van der Waals surface area contributed by atoms with Crippen molar-refractivity contribution in [1.29, 1.82) is 0 Å². The molecule has 1 heterocycles. The van der Waals surface area contributed by atoms with Gasteiger partial charge in [-0.05, 0) is 23.6 Å². The normalized spacial score (nSPS) is 20.8. The molecule has 2 unspecified atom stereocenters. The lowest BCUT2D eigenvalue weighted by Gasteiger charge is -2.19. The quantitative estimate of drug-likeness (QED) is 0.696. The first kappa shape index (κ1) is 14.7. The lowest BCUT2D eigenvalue weighted by molar-refractivity contribution is -0.118. The Hall–Kier alpha value is -2.21. The number of hydrogen-bond acceptors (Lipinski definition) is 4. The third-order valence-corrected chi connectivity index (χ3v) is 3.89. The van der Waals surface area contributed by atoms with E-state index in [1.165, 1.54) is 0 Å². The average molecular weight is 296 g/mol. The molecule has 22 heavy (non-hydrogen) atoms. The first-order chi connectivity index (χ1) is 10.8. The molecule has 0 spiro atoms. The van der Waals surface area contributed by atoms with Gasteiger partial charge in [0.2, 0.25) is 5.91 Å². The number of hydrazine groups is 2. The number of aryl methyl sites for hydroxylation is 1. The molecule has 5 heteroatoms. The van der Waals surface area contributed by atoms with Crippen LogP contribution >= 0.6 is 0 Å². The van der Waals surface area contributed by atoms with Gasteiger partial charge in [0, 0.05) is 5.69 Å². The van der Waals surface area contributed by atoms with E-state index >= 15 is 0 Å². The summed E-state index contributed by atoms with van der Waals surface area (Å²) in [5.74, 6) is -0.0627. The lowest BCUT2D eigenvalue weighted by Crippen LogP contribution is -2.41. The molecular weight excluding hydrogens is 276 g/mol. The second-order valence-corrected chi connectivity index (χ2v) is 5.28. The molecular formula is C17H20N4O. The number of carbonyl (C=O) groups is 1. The zero-order chi connectivity index (χ0) is 15.4. The molecule has 0 radical (unpaired) electrons. The molecule has 1 aliphatic heterocycles. The Labute approximate surface area is 130 Å². The zero-order valence-corrected chi connectivity index (χ0v) is 12.5. The minimum Gasteiger partial charge on any atom is -0.324 e. The minimum atomic E-state index is -0.382. The van der Waals surface area contributed by atoms with Crippen LogP contribution in [0.4, 0.5) is 5.69 Å². The number of anilines is 1. The smallest absolute Gasteiger partial charge is 0.244 e. The molecule has 5 nitrogen and oxygen atoms in total. The number of para-hydroxylation sites is 1. The van der Waals surface area contributed by atoms with Gasteiger partial charge in [0.05, 0.1) is 6.04 Å². The van der Waals surface area contributed by atoms with Crippen LogP contribution in [0.1, 0.15) is 24.1 Å². The van der Waals surface area contributed by atoms with Crippen molar-refractivity contribution < 1.29 is 4.79 Å². The van der Waals surface area contributed by atoms with E-state index in [4.69, 9.17) is 0 Å². The summed E-state index contributed by atoms with van der Waals surface area (Å²) in [7, 11) is 0. The Morgan fingerprint density at radius 3 is 2.55 bits per heavy atom. The molecule has 0 saturated carbocycles. The maximum absolute atomic E-state index is 12.6. The molecule has 0 aliphatic carbocycles. The molecule has 1 fully saturated rings. The van der Waals surface area contributed by atoms with E-state index in [1.54, 1.807) is 0 Å². The van der Waals surface area contributed by atoms with E-state index < -0.39 is 0 Å². The predicted octanol–water partition coefficient (Wildman–Crippen LogP) is 1.91. The van der Waals surface area contributed by atoms with Gasteiger partial charge in [-0.25, -0.2) is 10.9 Å². The SMILES string of the molecule is CCc1ccccc1NC(=O)C1NNNC1c1ccccc1. The third kappa shape index (κ3) is 3.01. The summed E-state index contributed by atoms with van der Waals surface area (Å²) >= 11 is 0. The van der Waals surface area contributed by atoms with Crippen LogP contribution in [0, 0.1) is 0 Å². The average Bonchev–Trinajstić information content (AvgIpc) is 3.06. The minimum absolute atomic E-state index is 0.0627. The third-order valence-electron chi connectivity index (χ3n) is 3.89. The van der Waals surface area contributed by atoms with Crippen LogP contribution in [0.3, 0.4) is 0 Å².